The van der Waals surface area contributed by atoms with Gasteiger partial charge in [-0.2, -0.15) is 0 Å². The molecule has 1 fully saturated rings. The Labute approximate surface area is 177 Å². The molecule has 0 spiro atoms. The van der Waals surface area contributed by atoms with Crippen molar-refractivity contribution in [1.82, 2.24) is 25.0 Å². The minimum atomic E-state index is -0.0749. The Morgan fingerprint density at radius 1 is 1.10 bits per heavy atom. The van der Waals surface area contributed by atoms with E-state index in [1.54, 1.807) is 0 Å². The van der Waals surface area contributed by atoms with Gasteiger partial charge in [-0.15, -0.1) is 15.3 Å². The van der Waals surface area contributed by atoms with Crippen LogP contribution < -0.4 is 0 Å². The number of hydrogen-bond donors (Lipinski definition) is 0. The summed E-state index contributed by atoms with van der Waals surface area (Å²) in [5.41, 5.74) is 1.83. The zero-order valence-corrected chi connectivity index (χ0v) is 17.3. The van der Waals surface area contributed by atoms with Crippen molar-refractivity contribution in [3.8, 4) is 17.1 Å². The van der Waals surface area contributed by atoms with Gasteiger partial charge in [-0.25, -0.2) is 9.67 Å². The lowest BCUT2D eigenvalue weighted by Crippen LogP contribution is -2.01. The number of rotatable bonds is 6. The molecule has 0 amide bonds. The van der Waals surface area contributed by atoms with E-state index in [1.165, 1.54) is 11.8 Å². The fraction of sp³-hybridized carbons (Fsp3) is 0.238. The van der Waals surface area contributed by atoms with Crippen molar-refractivity contribution < 1.29 is 4.42 Å². The Hall–Kier alpha value is -2.64. The van der Waals surface area contributed by atoms with Crippen LogP contribution in [0.15, 0.2) is 64.2 Å². The second-order valence-corrected chi connectivity index (χ2v) is 8.73. The van der Waals surface area contributed by atoms with Gasteiger partial charge < -0.3 is 4.42 Å². The highest BCUT2D eigenvalue weighted by Crippen LogP contribution is 2.42. The summed E-state index contributed by atoms with van der Waals surface area (Å²) >= 11 is 7.57. The monoisotopic (exact) mass is 423 g/mol. The van der Waals surface area contributed by atoms with E-state index in [9.17, 15) is 0 Å². The van der Waals surface area contributed by atoms with Gasteiger partial charge in [0.1, 0.15) is 5.82 Å². The molecule has 0 N–H and O–H groups in total. The lowest BCUT2D eigenvalue weighted by Gasteiger charge is -2.04. The summed E-state index contributed by atoms with van der Waals surface area (Å²) in [6.45, 7) is 2.01. The quantitative estimate of drug-likeness (QED) is 0.370. The first kappa shape index (κ1) is 18.4. The van der Waals surface area contributed by atoms with Crippen LogP contribution in [0.25, 0.3) is 17.1 Å². The predicted octanol–water partition coefficient (Wildman–Crippen LogP) is 5.70. The maximum atomic E-state index is 6.06. The molecular weight excluding hydrogens is 406 g/mol. The standard InChI is InChI=1S/C21H18ClN5OS/c1-13(19-24-25-20(28-19)15-6-5-7-16(22)12-15)29-21-23-18(14-10-11-14)27(26-21)17-8-3-2-4-9-17/h2-9,12-14H,10-11H2,1H3. The van der Waals surface area contributed by atoms with Crippen LogP contribution in [-0.4, -0.2) is 25.0 Å². The first-order valence-corrected chi connectivity index (χ1v) is 10.7. The minimum absolute atomic E-state index is 0.0749. The van der Waals surface area contributed by atoms with Crippen LogP contribution in [0.3, 0.4) is 0 Å². The first-order valence-electron chi connectivity index (χ1n) is 9.46. The fourth-order valence-corrected chi connectivity index (χ4v) is 4.04. The van der Waals surface area contributed by atoms with Crippen LogP contribution in [0, 0.1) is 0 Å². The van der Waals surface area contributed by atoms with Gasteiger partial charge in [-0.3, -0.25) is 0 Å². The molecule has 8 heteroatoms. The number of nitrogens with zero attached hydrogens (tertiary/aromatic N) is 5. The van der Waals surface area contributed by atoms with Gasteiger partial charge in [-0.05, 0) is 50.1 Å². The molecule has 0 bridgehead atoms. The van der Waals surface area contributed by atoms with Gasteiger partial charge in [0.2, 0.25) is 16.9 Å². The Balaban J connectivity index is 1.38. The summed E-state index contributed by atoms with van der Waals surface area (Å²) in [7, 11) is 0. The highest BCUT2D eigenvalue weighted by atomic mass is 35.5. The summed E-state index contributed by atoms with van der Waals surface area (Å²) in [6.07, 6.45) is 2.33. The highest BCUT2D eigenvalue weighted by Gasteiger charge is 2.31. The fourth-order valence-electron chi connectivity index (χ4n) is 3.06. The van der Waals surface area contributed by atoms with Crippen molar-refractivity contribution in [1.29, 1.82) is 0 Å². The Morgan fingerprint density at radius 2 is 1.93 bits per heavy atom. The number of hydrogen-bond acceptors (Lipinski definition) is 6. The molecule has 5 rings (SSSR count). The van der Waals surface area contributed by atoms with Gasteiger partial charge in [-0.1, -0.05) is 47.6 Å². The summed E-state index contributed by atoms with van der Waals surface area (Å²) in [4.78, 5) is 4.80. The molecule has 0 saturated heterocycles. The molecular formula is C21H18ClN5OS. The van der Waals surface area contributed by atoms with Crippen molar-refractivity contribution in [2.75, 3.05) is 0 Å². The van der Waals surface area contributed by atoms with Crippen molar-refractivity contribution >= 4 is 23.4 Å². The van der Waals surface area contributed by atoms with Gasteiger partial charge in [0.15, 0.2) is 0 Å². The number of thioether (sulfide) groups is 1. The van der Waals surface area contributed by atoms with E-state index in [0.29, 0.717) is 27.9 Å². The van der Waals surface area contributed by atoms with Gasteiger partial charge in [0, 0.05) is 16.5 Å². The maximum Gasteiger partial charge on any atom is 0.247 e. The third kappa shape index (κ3) is 3.93. The topological polar surface area (TPSA) is 69.6 Å². The predicted molar refractivity (Wildman–Crippen MR) is 112 cm³/mol. The molecule has 2 heterocycles. The van der Waals surface area contributed by atoms with E-state index >= 15 is 0 Å². The Morgan fingerprint density at radius 3 is 2.69 bits per heavy atom. The summed E-state index contributed by atoms with van der Waals surface area (Å²) in [6, 6.07) is 17.5. The third-order valence-electron chi connectivity index (χ3n) is 4.70. The maximum absolute atomic E-state index is 6.06. The van der Waals surface area contributed by atoms with E-state index in [1.807, 2.05) is 66.2 Å². The largest absolute Gasteiger partial charge is 0.419 e. The van der Waals surface area contributed by atoms with Crippen LogP contribution >= 0.6 is 23.4 Å². The average molecular weight is 424 g/mol. The molecule has 2 aromatic carbocycles. The van der Waals surface area contributed by atoms with E-state index in [2.05, 4.69) is 10.2 Å². The molecule has 4 aromatic rings. The molecule has 146 valence electrons. The molecule has 0 radical (unpaired) electrons. The van der Waals surface area contributed by atoms with E-state index in [4.69, 9.17) is 26.1 Å². The molecule has 1 aliphatic carbocycles. The van der Waals surface area contributed by atoms with Crippen molar-refractivity contribution in [2.45, 2.75) is 36.1 Å². The lowest BCUT2D eigenvalue weighted by molar-refractivity contribution is 0.509. The van der Waals surface area contributed by atoms with Crippen LogP contribution in [0.2, 0.25) is 5.02 Å². The molecule has 1 atom stereocenters. The molecule has 6 nitrogen and oxygen atoms in total. The van der Waals surface area contributed by atoms with Crippen LogP contribution in [0.1, 0.15) is 42.6 Å². The minimum Gasteiger partial charge on any atom is -0.419 e. The van der Waals surface area contributed by atoms with E-state index in [-0.39, 0.29) is 5.25 Å². The van der Waals surface area contributed by atoms with Gasteiger partial charge >= 0.3 is 0 Å². The number of aromatic nitrogens is 5. The SMILES string of the molecule is CC(Sc1nc(C2CC2)n(-c2ccccc2)n1)c1nnc(-c2cccc(Cl)c2)o1. The summed E-state index contributed by atoms with van der Waals surface area (Å²) in [5.74, 6) is 2.51. The van der Waals surface area contributed by atoms with Gasteiger partial charge in [0.05, 0.1) is 10.9 Å². The first-order chi connectivity index (χ1) is 14.2. The van der Waals surface area contributed by atoms with Crippen molar-refractivity contribution in [3.63, 3.8) is 0 Å². The number of para-hydroxylation sites is 1. The highest BCUT2D eigenvalue weighted by molar-refractivity contribution is 7.99. The molecule has 1 unspecified atom stereocenters. The summed E-state index contributed by atoms with van der Waals surface area (Å²) < 4.78 is 7.83. The number of halogens is 1. The Kier molecular flexibility index (Phi) is 4.85. The molecule has 29 heavy (non-hydrogen) atoms. The van der Waals surface area contributed by atoms with Crippen molar-refractivity contribution in [2.24, 2.45) is 0 Å². The molecule has 0 aliphatic heterocycles. The normalized spacial score (nSPS) is 14.8. The van der Waals surface area contributed by atoms with Crippen LogP contribution in [-0.2, 0) is 0 Å². The smallest absolute Gasteiger partial charge is 0.247 e. The summed E-state index contributed by atoms with van der Waals surface area (Å²) in [5, 5.41) is 14.4. The Bertz CT molecular complexity index is 1140. The zero-order chi connectivity index (χ0) is 19.8. The van der Waals surface area contributed by atoms with E-state index < -0.39 is 0 Å². The second kappa shape index (κ2) is 7.65. The zero-order valence-electron chi connectivity index (χ0n) is 15.7. The number of benzene rings is 2. The third-order valence-corrected chi connectivity index (χ3v) is 5.87. The van der Waals surface area contributed by atoms with E-state index in [0.717, 1.165) is 29.9 Å². The lowest BCUT2D eigenvalue weighted by atomic mass is 10.2. The molecule has 2 aromatic heterocycles. The van der Waals surface area contributed by atoms with Crippen LogP contribution in [0.5, 0.6) is 0 Å². The second-order valence-electron chi connectivity index (χ2n) is 6.99. The van der Waals surface area contributed by atoms with Gasteiger partial charge in [0.25, 0.3) is 0 Å². The molecule has 1 aliphatic rings. The van der Waals surface area contributed by atoms with Crippen LogP contribution in [0.4, 0.5) is 0 Å². The average Bonchev–Trinajstić information content (AvgIpc) is 3.30. The van der Waals surface area contributed by atoms with Crippen molar-refractivity contribution in [3.05, 3.63) is 71.3 Å². The molecule has 1 saturated carbocycles.